The fourth-order valence-electron chi connectivity index (χ4n) is 4.04. The zero-order valence-electron chi connectivity index (χ0n) is 19.1. The summed E-state index contributed by atoms with van der Waals surface area (Å²) in [7, 11) is 0. The van der Waals surface area contributed by atoms with Gasteiger partial charge in [-0.25, -0.2) is 19.7 Å². The van der Waals surface area contributed by atoms with Gasteiger partial charge >= 0.3 is 6.09 Å². The zero-order chi connectivity index (χ0) is 24.0. The van der Waals surface area contributed by atoms with E-state index >= 15 is 0 Å². The van der Waals surface area contributed by atoms with E-state index in [-0.39, 0.29) is 24.9 Å². The van der Waals surface area contributed by atoms with Crippen LogP contribution in [0.1, 0.15) is 46.2 Å². The van der Waals surface area contributed by atoms with Gasteiger partial charge in [-0.1, -0.05) is 11.8 Å². The molecule has 1 unspecified atom stereocenters. The van der Waals surface area contributed by atoms with Crippen LogP contribution in [0.4, 0.5) is 10.6 Å². The number of anilines is 1. The smallest absolute Gasteiger partial charge is 0.411 e. The molecule has 2 aliphatic rings. The fraction of sp³-hybridized carbons (Fsp3) is 0.455. The first kappa shape index (κ1) is 23.0. The van der Waals surface area contributed by atoms with Crippen LogP contribution >= 0.6 is 27.7 Å². The summed E-state index contributed by atoms with van der Waals surface area (Å²) in [5.74, 6) is 1.64. The number of hydrogen-bond acceptors (Lipinski definition) is 9. The van der Waals surface area contributed by atoms with Crippen molar-refractivity contribution in [2.75, 3.05) is 19.1 Å². The van der Waals surface area contributed by atoms with Gasteiger partial charge in [-0.05, 0) is 68.1 Å². The summed E-state index contributed by atoms with van der Waals surface area (Å²) in [6.45, 7) is 6.36. The quantitative estimate of drug-likeness (QED) is 0.483. The number of carbonyl (C=O) groups excluding carboxylic acids is 1. The van der Waals surface area contributed by atoms with E-state index in [1.807, 2.05) is 37.5 Å². The first-order chi connectivity index (χ1) is 16.2. The molecule has 10 nitrogen and oxygen atoms in total. The van der Waals surface area contributed by atoms with Gasteiger partial charge in [-0.3, -0.25) is 9.47 Å². The number of amides is 1. The molecule has 2 aromatic heterocycles. The van der Waals surface area contributed by atoms with Crippen LogP contribution < -0.4 is 15.2 Å². The summed E-state index contributed by atoms with van der Waals surface area (Å²) in [6, 6.07) is 3.78. The van der Waals surface area contributed by atoms with Crippen LogP contribution in [-0.4, -0.2) is 49.5 Å². The molecule has 0 bridgehead atoms. The van der Waals surface area contributed by atoms with Crippen molar-refractivity contribution < 1.29 is 19.0 Å². The molecule has 2 aliphatic heterocycles. The second-order valence-corrected chi connectivity index (χ2v) is 10.9. The van der Waals surface area contributed by atoms with E-state index in [4.69, 9.17) is 24.9 Å². The van der Waals surface area contributed by atoms with E-state index in [1.54, 1.807) is 4.90 Å². The van der Waals surface area contributed by atoms with Crippen molar-refractivity contribution in [3.63, 3.8) is 0 Å². The highest BCUT2D eigenvalue weighted by atomic mass is 79.9. The fourth-order valence-corrected chi connectivity index (χ4v) is 5.57. The summed E-state index contributed by atoms with van der Waals surface area (Å²) in [4.78, 5) is 29.2. The van der Waals surface area contributed by atoms with E-state index in [9.17, 15) is 4.79 Å². The first-order valence-corrected chi connectivity index (χ1v) is 12.6. The Balaban J connectivity index is 1.59. The highest BCUT2D eigenvalue weighted by Crippen LogP contribution is 2.44. The maximum absolute atomic E-state index is 13.1. The van der Waals surface area contributed by atoms with E-state index in [2.05, 4.69) is 25.9 Å². The van der Waals surface area contributed by atoms with Gasteiger partial charge < -0.3 is 19.9 Å². The minimum atomic E-state index is -0.600. The van der Waals surface area contributed by atoms with Crippen LogP contribution in [0.25, 0.3) is 11.2 Å². The molecule has 2 N–H and O–H groups in total. The second-order valence-electron chi connectivity index (χ2n) is 9.08. The van der Waals surface area contributed by atoms with Crippen molar-refractivity contribution in [1.82, 2.24) is 24.4 Å². The largest absolute Gasteiger partial charge is 0.454 e. The standard InChI is InChI=1S/C22H25BrN6O4S/c1-22(2,3)33-21(30)28-7-5-4-6-16(28)29-19-17(18(24)25-10-26-19)27-20(29)34-15-9-14-13(8-12(15)23)31-11-32-14/h8-10,16H,4-7,11H2,1-3H3,(H2,24,25,26). The van der Waals surface area contributed by atoms with Crippen LogP contribution in [0.3, 0.4) is 0 Å². The van der Waals surface area contributed by atoms with Gasteiger partial charge in [0.15, 0.2) is 33.6 Å². The minimum absolute atomic E-state index is 0.188. The van der Waals surface area contributed by atoms with Crippen LogP contribution in [0.5, 0.6) is 11.5 Å². The monoisotopic (exact) mass is 548 g/mol. The number of likely N-dealkylation sites (tertiary alicyclic amines) is 1. The van der Waals surface area contributed by atoms with Gasteiger partial charge in [0.1, 0.15) is 18.1 Å². The van der Waals surface area contributed by atoms with E-state index in [0.717, 1.165) is 28.6 Å². The first-order valence-electron chi connectivity index (χ1n) is 11.0. The lowest BCUT2D eigenvalue weighted by molar-refractivity contribution is -0.00196. The molecule has 3 aromatic rings. The van der Waals surface area contributed by atoms with Crippen molar-refractivity contribution in [1.29, 1.82) is 0 Å². The Labute approximate surface area is 209 Å². The third kappa shape index (κ3) is 4.36. The van der Waals surface area contributed by atoms with Gasteiger partial charge in [0.2, 0.25) is 6.79 Å². The summed E-state index contributed by atoms with van der Waals surface area (Å²) in [5, 5.41) is 0.641. The average Bonchev–Trinajstić information content (AvgIpc) is 3.37. The number of fused-ring (bicyclic) bond motifs is 2. The topological polar surface area (TPSA) is 118 Å². The Morgan fingerprint density at radius 3 is 2.76 bits per heavy atom. The van der Waals surface area contributed by atoms with Crippen LogP contribution in [0.2, 0.25) is 0 Å². The molecule has 12 heteroatoms. The third-order valence-electron chi connectivity index (χ3n) is 5.50. The number of nitrogen functional groups attached to an aromatic ring is 1. The predicted octanol–water partition coefficient (Wildman–Crippen LogP) is 4.97. The number of imidazole rings is 1. The number of rotatable bonds is 3. The van der Waals surface area contributed by atoms with Crippen molar-refractivity contribution in [3.05, 3.63) is 22.9 Å². The van der Waals surface area contributed by atoms with Gasteiger partial charge in [0.25, 0.3) is 0 Å². The van der Waals surface area contributed by atoms with Crippen molar-refractivity contribution >= 4 is 50.8 Å². The molecular weight excluding hydrogens is 524 g/mol. The number of nitrogens with zero attached hydrogens (tertiary/aromatic N) is 5. The molecule has 5 rings (SSSR count). The van der Waals surface area contributed by atoms with Gasteiger partial charge in [-0.15, -0.1) is 0 Å². The van der Waals surface area contributed by atoms with Crippen molar-refractivity contribution in [2.45, 2.75) is 61.9 Å². The maximum Gasteiger partial charge on any atom is 0.411 e. The lowest BCUT2D eigenvalue weighted by Gasteiger charge is -2.37. The van der Waals surface area contributed by atoms with Crippen molar-refractivity contribution in [2.24, 2.45) is 0 Å². The number of halogens is 1. The third-order valence-corrected chi connectivity index (χ3v) is 7.45. The molecule has 1 saturated heterocycles. The zero-order valence-corrected chi connectivity index (χ0v) is 21.5. The van der Waals surface area contributed by atoms with Gasteiger partial charge in [0, 0.05) is 15.9 Å². The highest BCUT2D eigenvalue weighted by Gasteiger charge is 2.35. The molecule has 0 saturated carbocycles. The van der Waals surface area contributed by atoms with Crippen LogP contribution in [0.15, 0.2) is 33.0 Å². The Hall–Kier alpha value is -2.73. The number of benzene rings is 1. The van der Waals surface area contributed by atoms with Gasteiger partial charge in [0.05, 0.1) is 0 Å². The number of nitrogens with two attached hydrogens (primary N) is 1. The summed E-state index contributed by atoms with van der Waals surface area (Å²) >= 11 is 5.05. The normalized spacial score (nSPS) is 17.9. The van der Waals surface area contributed by atoms with E-state index in [1.165, 1.54) is 18.1 Å². The van der Waals surface area contributed by atoms with Crippen LogP contribution in [-0.2, 0) is 4.74 Å². The number of hydrogen-bond donors (Lipinski definition) is 1. The summed E-state index contributed by atoms with van der Waals surface area (Å²) in [5.41, 5.74) is 6.63. The molecule has 4 heterocycles. The van der Waals surface area contributed by atoms with Gasteiger partial charge in [-0.2, -0.15) is 0 Å². The number of carbonyl (C=O) groups is 1. The van der Waals surface area contributed by atoms with E-state index < -0.39 is 5.60 Å². The minimum Gasteiger partial charge on any atom is -0.454 e. The highest BCUT2D eigenvalue weighted by molar-refractivity contribution is 9.10. The second kappa shape index (κ2) is 8.81. The van der Waals surface area contributed by atoms with Crippen LogP contribution in [0, 0.1) is 0 Å². The van der Waals surface area contributed by atoms with E-state index in [0.29, 0.717) is 34.4 Å². The molecule has 180 valence electrons. The molecule has 1 aromatic carbocycles. The summed E-state index contributed by atoms with van der Waals surface area (Å²) in [6.07, 6.45) is 3.34. The molecule has 0 spiro atoms. The predicted molar refractivity (Wildman–Crippen MR) is 130 cm³/mol. The lowest BCUT2D eigenvalue weighted by Crippen LogP contribution is -2.44. The Morgan fingerprint density at radius 2 is 2.00 bits per heavy atom. The molecule has 0 radical (unpaired) electrons. The molecular formula is C22H25BrN6O4S. The average molecular weight is 549 g/mol. The Morgan fingerprint density at radius 1 is 1.24 bits per heavy atom. The Kier molecular flexibility index (Phi) is 5.96. The molecule has 1 fully saturated rings. The lowest BCUT2D eigenvalue weighted by atomic mass is 10.1. The molecule has 34 heavy (non-hydrogen) atoms. The Bertz CT molecular complexity index is 1260. The van der Waals surface area contributed by atoms with Crippen molar-refractivity contribution in [3.8, 4) is 11.5 Å². The molecule has 1 amide bonds. The summed E-state index contributed by atoms with van der Waals surface area (Å²) < 4.78 is 19.6. The number of ether oxygens (including phenoxy) is 3. The maximum atomic E-state index is 13.1. The SMILES string of the molecule is CC(C)(C)OC(=O)N1CCCCC1n1c(Sc2cc3c(cc2Br)OCO3)nc2c(N)ncnc21. The molecule has 1 atom stereocenters. The number of aromatic nitrogens is 4. The number of piperidine rings is 1. The molecule has 0 aliphatic carbocycles.